The molecule has 0 bridgehead atoms. The van der Waals surface area contributed by atoms with Gasteiger partial charge in [-0.1, -0.05) is 16.8 Å². The van der Waals surface area contributed by atoms with Gasteiger partial charge in [-0.3, -0.25) is 4.79 Å². The highest BCUT2D eigenvalue weighted by Crippen LogP contribution is 2.26. The number of halogens is 2. The van der Waals surface area contributed by atoms with Crippen molar-refractivity contribution < 1.29 is 14.1 Å². The SMILES string of the molecule is COCc1cc(C(=O)Nc2ccc(Cl)cc2Br)no1. The van der Waals surface area contributed by atoms with Gasteiger partial charge in [0.15, 0.2) is 11.5 Å². The maximum atomic E-state index is 11.9. The van der Waals surface area contributed by atoms with Crippen LogP contribution in [0.4, 0.5) is 5.69 Å². The van der Waals surface area contributed by atoms with E-state index in [2.05, 4.69) is 26.4 Å². The predicted molar refractivity (Wildman–Crippen MR) is 74.3 cm³/mol. The number of hydrogen-bond donors (Lipinski definition) is 1. The third kappa shape index (κ3) is 3.56. The van der Waals surface area contributed by atoms with Crippen LogP contribution in [0.5, 0.6) is 0 Å². The quantitative estimate of drug-likeness (QED) is 0.921. The van der Waals surface area contributed by atoms with Crippen molar-refractivity contribution in [2.75, 3.05) is 12.4 Å². The molecule has 100 valence electrons. The summed E-state index contributed by atoms with van der Waals surface area (Å²) in [4.78, 5) is 11.9. The monoisotopic (exact) mass is 344 g/mol. The van der Waals surface area contributed by atoms with Gasteiger partial charge in [-0.15, -0.1) is 0 Å². The number of amides is 1. The van der Waals surface area contributed by atoms with Crippen LogP contribution in [-0.2, 0) is 11.3 Å². The van der Waals surface area contributed by atoms with Gasteiger partial charge < -0.3 is 14.6 Å². The van der Waals surface area contributed by atoms with E-state index in [1.54, 1.807) is 18.2 Å². The van der Waals surface area contributed by atoms with Crippen molar-refractivity contribution in [1.29, 1.82) is 0 Å². The van der Waals surface area contributed by atoms with Gasteiger partial charge in [0.2, 0.25) is 0 Å². The van der Waals surface area contributed by atoms with E-state index in [9.17, 15) is 4.79 Å². The van der Waals surface area contributed by atoms with Crippen LogP contribution in [0.3, 0.4) is 0 Å². The van der Waals surface area contributed by atoms with Gasteiger partial charge in [-0.05, 0) is 34.1 Å². The number of aromatic nitrogens is 1. The van der Waals surface area contributed by atoms with Crippen LogP contribution >= 0.6 is 27.5 Å². The molecule has 0 saturated carbocycles. The van der Waals surface area contributed by atoms with Gasteiger partial charge in [0.05, 0.1) is 5.69 Å². The number of nitrogens with one attached hydrogen (secondary N) is 1. The Morgan fingerprint density at radius 2 is 2.32 bits per heavy atom. The zero-order valence-corrected chi connectivity index (χ0v) is 12.3. The number of rotatable bonds is 4. The lowest BCUT2D eigenvalue weighted by Gasteiger charge is -2.05. The Hall–Kier alpha value is -1.37. The first-order valence-electron chi connectivity index (χ1n) is 5.31. The summed E-state index contributed by atoms with van der Waals surface area (Å²) in [7, 11) is 1.53. The van der Waals surface area contributed by atoms with Crippen LogP contribution < -0.4 is 5.32 Å². The molecule has 5 nitrogen and oxygen atoms in total. The van der Waals surface area contributed by atoms with Gasteiger partial charge in [-0.25, -0.2) is 0 Å². The van der Waals surface area contributed by atoms with E-state index in [-0.39, 0.29) is 18.2 Å². The van der Waals surface area contributed by atoms with Crippen molar-refractivity contribution >= 4 is 39.1 Å². The minimum Gasteiger partial charge on any atom is -0.377 e. The molecule has 1 N–H and O–H groups in total. The van der Waals surface area contributed by atoms with Gasteiger partial charge in [-0.2, -0.15) is 0 Å². The van der Waals surface area contributed by atoms with Gasteiger partial charge >= 0.3 is 0 Å². The summed E-state index contributed by atoms with van der Waals surface area (Å²) >= 11 is 9.14. The molecule has 0 fully saturated rings. The van der Waals surface area contributed by atoms with Crippen molar-refractivity contribution in [3.63, 3.8) is 0 Å². The summed E-state index contributed by atoms with van der Waals surface area (Å²) in [6.45, 7) is 0.269. The molecule has 0 aliphatic heterocycles. The molecule has 7 heteroatoms. The van der Waals surface area contributed by atoms with Crippen molar-refractivity contribution in [2.24, 2.45) is 0 Å². The highest BCUT2D eigenvalue weighted by molar-refractivity contribution is 9.10. The molecule has 19 heavy (non-hydrogen) atoms. The summed E-state index contributed by atoms with van der Waals surface area (Å²) in [5.41, 5.74) is 0.791. The normalized spacial score (nSPS) is 10.5. The Balaban J connectivity index is 2.11. The van der Waals surface area contributed by atoms with Crippen LogP contribution in [0.25, 0.3) is 0 Å². The molecule has 1 aromatic carbocycles. The summed E-state index contributed by atoms with van der Waals surface area (Å²) in [6, 6.07) is 6.60. The standard InChI is InChI=1S/C12H10BrClN2O3/c1-18-6-8-5-11(16-19-8)12(17)15-10-3-2-7(14)4-9(10)13/h2-5H,6H2,1H3,(H,15,17). The number of hydrogen-bond acceptors (Lipinski definition) is 4. The number of methoxy groups -OCH3 is 1. The molecule has 1 aromatic heterocycles. The van der Waals surface area contributed by atoms with Crippen LogP contribution in [0, 0.1) is 0 Å². The number of benzene rings is 1. The Kier molecular flexibility index (Phi) is 4.57. The first-order chi connectivity index (χ1) is 9.10. The Morgan fingerprint density at radius 3 is 3.00 bits per heavy atom. The zero-order chi connectivity index (χ0) is 13.8. The fourth-order valence-electron chi connectivity index (χ4n) is 1.41. The van der Waals surface area contributed by atoms with Crippen LogP contribution in [0.15, 0.2) is 33.3 Å². The molecular weight excluding hydrogens is 336 g/mol. The minimum atomic E-state index is -0.367. The molecule has 1 heterocycles. The highest BCUT2D eigenvalue weighted by atomic mass is 79.9. The molecule has 2 aromatic rings. The van der Waals surface area contributed by atoms with E-state index in [0.717, 1.165) is 0 Å². The zero-order valence-electron chi connectivity index (χ0n) is 9.94. The number of carbonyl (C=O) groups excluding carboxylic acids is 1. The number of anilines is 1. The van der Waals surface area contributed by atoms with E-state index in [1.165, 1.54) is 13.2 Å². The summed E-state index contributed by atoms with van der Waals surface area (Å²) in [5, 5.41) is 6.95. The molecule has 0 spiro atoms. The third-order valence-corrected chi connectivity index (χ3v) is 3.15. The van der Waals surface area contributed by atoms with Crippen LogP contribution in [0.1, 0.15) is 16.2 Å². The number of ether oxygens (including phenoxy) is 1. The maximum absolute atomic E-state index is 11.9. The molecule has 0 aliphatic rings. The van der Waals surface area contributed by atoms with Crippen LogP contribution in [-0.4, -0.2) is 18.2 Å². The predicted octanol–water partition coefficient (Wildman–Crippen LogP) is 3.49. The van der Waals surface area contributed by atoms with E-state index in [0.29, 0.717) is 20.9 Å². The van der Waals surface area contributed by atoms with Crippen molar-refractivity contribution in [2.45, 2.75) is 6.61 Å². The highest BCUT2D eigenvalue weighted by Gasteiger charge is 2.14. The topological polar surface area (TPSA) is 64.4 Å². The lowest BCUT2D eigenvalue weighted by atomic mass is 10.3. The molecule has 1 amide bonds. The van der Waals surface area contributed by atoms with Crippen molar-refractivity contribution in [1.82, 2.24) is 5.16 Å². The van der Waals surface area contributed by atoms with Gasteiger partial charge in [0, 0.05) is 22.7 Å². The first-order valence-corrected chi connectivity index (χ1v) is 6.48. The molecule has 0 saturated heterocycles. The van der Waals surface area contributed by atoms with E-state index >= 15 is 0 Å². The van der Waals surface area contributed by atoms with Crippen molar-refractivity contribution in [3.8, 4) is 0 Å². The molecular formula is C12H10BrClN2O3. The maximum Gasteiger partial charge on any atom is 0.277 e. The summed E-state index contributed by atoms with van der Waals surface area (Å²) in [6.07, 6.45) is 0. The first kappa shape index (κ1) is 14.0. The Morgan fingerprint density at radius 1 is 1.53 bits per heavy atom. The Bertz CT molecular complexity index is 600. The van der Waals surface area contributed by atoms with Gasteiger partial charge in [0.1, 0.15) is 6.61 Å². The average Bonchev–Trinajstić information content (AvgIpc) is 2.82. The van der Waals surface area contributed by atoms with Crippen molar-refractivity contribution in [3.05, 3.63) is 45.2 Å². The van der Waals surface area contributed by atoms with Crippen LogP contribution in [0.2, 0.25) is 5.02 Å². The van der Waals surface area contributed by atoms with Gasteiger partial charge in [0.25, 0.3) is 5.91 Å². The molecule has 0 atom stereocenters. The lowest BCUT2D eigenvalue weighted by Crippen LogP contribution is -2.12. The average molecular weight is 346 g/mol. The molecule has 2 rings (SSSR count). The fraction of sp³-hybridized carbons (Fsp3) is 0.167. The third-order valence-electron chi connectivity index (χ3n) is 2.26. The smallest absolute Gasteiger partial charge is 0.277 e. The second-order valence-electron chi connectivity index (χ2n) is 3.69. The number of carbonyl (C=O) groups is 1. The van der Waals surface area contributed by atoms with E-state index < -0.39 is 0 Å². The lowest BCUT2D eigenvalue weighted by molar-refractivity contribution is 0.101. The second-order valence-corrected chi connectivity index (χ2v) is 4.98. The summed E-state index contributed by atoms with van der Waals surface area (Å²) < 4.78 is 10.5. The molecule has 0 unspecified atom stereocenters. The second kappa shape index (κ2) is 6.18. The van der Waals surface area contributed by atoms with E-state index in [4.69, 9.17) is 20.9 Å². The molecule has 0 aliphatic carbocycles. The molecule has 0 radical (unpaired) electrons. The largest absolute Gasteiger partial charge is 0.377 e. The van der Waals surface area contributed by atoms with E-state index in [1.807, 2.05) is 0 Å². The minimum absolute atomic E-state index is 0.189. The fourth-order valence-corrected chi connectivity index (χ4v) is 2.19. The summed E-state index contributed by atoms with van der Waals surface area (Å²) in [5.74, 6) is 0.122. The Labute approximate surface area is 123 Å². The number of nitrogens with zero attached hydrogens (tertiary/aromatic N) is 1.